The minimum Gasteiger partial charge on any atom is -0.493 e. The molecule has 6 nitrogen and oxygen atoms in total. The second kappa shape index (κ2) is 8.17. The highest BCUT2D eigenvalue weighted by molar-refractivity contribution is 8.26. The Kier molecular flexibility index (Phi) is 6.22. The van der Waals surface area contributed by atoms with Gasteiger partial charge in [-0.05, 0) is 30.2 Å². The Hall–Kier alpha value is -2.32. The molecule has 0 bridgehead atoms. The van der Waals surface area contributed by atoms with Gasteiger partial charge in [0.1, 0.15) is 4.32 Å². The van der Waals surface area contributed by atoms with Crippen LogP contribution in [0.5, 0.6) is 11.5 Å². The van der Waals surface area contributed by atoms with Crippen molar-refractivity contribution in [3.05, 3.63) is 40.3 Å². The maximum absolute atomic E-state index is 12.1. The highest BCUT2D eigenvalue weighted by Gasteiger charge is 2.29. The summed E-state index contributed by atoms with van der Waals surface area (Å²) in [7, 11) is 3.14. The van der Waals surface area contributed by atoms with Crippen molar-refractivity contribution in [1.29, 1.82) is 0 Å². The Morgan fingerprint density at radius 1 is 1.40 bits per heavy atom. The molecule has 1 amide bonds. The van der Waals surface area contributed by atoms with Gasteiger partial charge in [0.2, 0.25) is 0 Å². The molecule has 0 spiro atoms. The number of carbonyl (C=O) groups is 2. The molecule has 1 aromatic carbocycles. The summed E-state index contributed by atoms with van der Waals surface area (Å²) >= 11 is 6.40. The zero-order valence-corrected chi connectivity index (χ0v) is 15.6. The van der Waals surface area contributed by atoms with Crippen molar-refractivity contribution in [2.75, 3.05) is 20.8 Å². The van der Waals surface area contributed by atoms with Crippen LogP contribution in [0.4, 0.5) is 0 Å². The molecule has 0 radical (unpaired) electrons. The van der Waals surface area contributed by atoms with E-state index in [1.165, 1.54) is 23.8 Å². The van der Waals surface area contributed by atoms with Crippen LogP contribution >= 0.6 is 24.0 Å². The van der Waals surface area contributed by atoms with Crippen LogP contribution in [0.1, 0.15) is 12.5 Å². The molecular formula is C17H17NO5S2. The van der Waals surface area contributed by atoms with E-state index in [1.807, 2.05) is 19.1 Å². The fourth-order valence-corrected chi connectivity index (χ4v) is 3.21. The maximum atomic E-state index is 12.1. The van der Waals surface area contributed by atoms with E-state index in [1.54, 1.807) is 25.2 Å². The second-order valence-electron chi connectivity index (χ2n) is 5.17. The molecule has 0 unspecified atom stereocenters. The number of likely N-dealkylation sites (N-methyl/N-ethyl adjacent to an activating group) is 1. The van der Waals surface area contributed by atoms with Crippen LogP contribution in [0, 0.1) is 0 Å². The number of nitrogens with zero attached hydrogens (tertiary/aromatic N) is 1. The van der Waals surface area contributed by atoms with Gasteiger partial charge in [0, 0.05) is 7.05 Å². The molecule has 1 aliphatic rings. The smallest absolute Gasteiger partial charge is 0.341 e. The molecular weight excluding hydrogens is 362 g/mol. The fourth-order valence-electron chi connectivity index (χ4n) is 2.03. The number of amides is 1. The van der Waals surface area contributed by atoms with E-state index in [4.69, 9.17) is 26.8 Å². The SMILES string of the molecule is COc1cc(/C=C/C(C)=C2/SC(=S)N(C)C2=O)ccc1OCC(=O)O. The number of hydrogen-bond donors (Lipinski definition) is 1. The van der Waals surface area contributed by atoms with E-state index < -0.39 is 12.6 Å². The number of hydrogen-bond acceptors (Lipinski definition) is 6. The van der Waals surface area contributed by atoms with Gasteiger partial charge in [-0.1, -0.05) is 42.2 Å². The van der Waals surface area contributed by atoms with E-state index >= 15 is 0 Å². The third kappa shape index (κ3) is 4.61. The van der Waals surface area contributed by atoms with Crippen LogP contribution in [0.15, 0.2) is 34.8 Å². The van der Waals surface area contributed by atoms with E-state index in [2.05, 4.69) is 0 Å². The van der Waals surface area contributed by atoms with Crippen molar-refractivity contribution in [2.45, 2.75) is 6.92 Å². The summed E-state index contributed by atoms with van der Waals surface area (Å²) in [5, 5.41) is 8.68. The quantitative estimate of drug-likeness (QED) is 0.601. The molecule has 2 rings (SSSR count). The first-order chi connectivity index (χ1) is 11.8. The molecule has 8 heteroatoms. The number of ether oxygens (including phenoxy) is 2. The molecule has 0 aliphatic carbocycles. The summed E-state index contributed by atoms with van der Waals surface area (Å²) in [5.74, 6) is -0.381. The zero-order chi connectivity index (χ0) is 18.6. The van der Waals surface area contributed by atoms with E-state index in [0.717, 1.165) is 11.1 Å². The van der Waals surface area contributed by atoms with Gasteiger partial charge in [0.05, 0.1) is 12.0 Å². The molecule has 132 valence electrons. The Morgan fingerprint density at radius 3 is 2.68 bits per heavy atom. The number of thioether (sulfide) groups is 1. The second-order valence-corrected chi connectivity index (χ2v) is 6.81. The molecule has 0 atom stereocenters. The zero-order valence-electron chi connectivity index (χ0n) is 13.9. The number of benzene rings is 1. The average molecular weight is 379 g/mol. The standard InChI is InChI=1S/C17H17NO5S2/c1-10(15-16(21)18(2)17(24)25-15)4-5-11-6-7-12(13(8-11)22-3)23-9-14(19)20/h4-8H,9H2,1-3H3,(H,19,20)/b5-4+,15-10+. The Bertz CT molecular complexity index is 785. The Balaban J connectivity index is 2.19. The topological polar surface area (TPSA) is 76.1 Å². The summed E-state index contributed by atoms with van der Waals surface area (Å²) in [4.78, 5) is 24.7. The average Bonchev–Trinajstić information content (AvgIpc) is 2.85. The predicted molar refractivity (Wildman–Crippen MR) is 101 cm³/mol. The third-order valence-electron chi connectivity index (χ3n) is 3.38. The largest absolute Gasteiger partial charge is 0.493 e. The highest BCUT2D eigenvalue weighted by atomic mass is 32.2. The first-order valence-corrected chi connectivity index (χ1v) is 8.47. The molecule has 1 N–H and O–H groups in total. The van der Waals surface area contributed by atoms with Crippen molar-refractivity contribution in [2.24, 2.45) is 0 Å². The lowest BCUT2D eigenvalue weighted by Crippen LogP contribution is -2.22. The van der Waals surface area contributed by atoms with Gasteiger partial charge >= 0.3 is 5.97 Å². The highest BCUT2D eigenvalue weighted by Crippen LogP contribution is 2.33. The minimum absolute atomic E-state index is 0.104. The number of carboxylic acid groups (broad SMARTS) is 1. The number of allylic oxidation sites excluding steroid dienone is 2. The van der Waals surface area contributed by atoms with Gasteiger partial charge in [-0.3, -0.25) is 9.69 Å². The molecule has 1 aliphatic heterocycles. The lowest BCUT2D eigenvalue weighted by atomic mass is 10.1. The van der Waals surface area contributed by atoms with Crippen LogP contribution < -0.4 is 9.47 Å². The Labute approximate surface area is 155 Å². The lowest BCUT2D eigenvalue weighted by Gasteiger charge is -2.09. The first-order valence-electron chi connectivity index (χ1n) is 7.25. The van der Waals surface area contributed by atoms with Gasteiger partial charge in [-0.15, -0.1) is 0 Å². The van der Waals surface area contributed by atoms with Crippen LogP contribution in [-0.4, -0.2) is 47.0 Å². The maximum Gasteiger partial charge on any atom is 0.341 e. The number of rotatable bonds is 6. The van der Waals surface area contributed by atoms with E-state index in [9.17, 15) is 9.59 Å². The van der Waals surface area contributed by atoms with Gasteiger partial charge in [0.15, 0.2) is 18.1 Å². The predicted octanol–water partition coefficient (Wildman–Crippen LogP) is 2.94. The van der Waals surface area contributed by atoms with Gasteiger partial charge in [-0.25, -0.2) is 4.79 Å². The van der Waals surface area contributed by atoms with E-state index in [-0.39, 0.29) is 5.91 Å². The summed E-state index contributed by atoms with van der Waals surface area (Å²) in [6.45, 7) is 1.41. The van der Waals surface area contributed by atoms with Gasteiger partial charge in [-0.2, -0.15) is 0 Å². The number of aliphatic carboxylic acids is 1. The molecule has 1 saturated heterocycles. The van der Waals surface area contributed by atoms with Gasteiger partial charge < -0.3 is 14.6 Å². The molecule has 1 aromatic rings. The van der Waals surface area contributed by atoms with Crippen LogP contribution in [0.25, 0.3) is 6.08 Å². The van der Waals surface area contributed by atoms with Crippen molar-refractivity contribution < 1.29 is 24.2 Å². The van der Waals surface area contributed by atoms with Crippen LogP contribution in [0.3, 0.4) is 0 Å². The molecule has 1 fully saturated rings. The normalized spacial score (nSPS) is 16.5. The summed E-state index contributed by atoms with van der Waals surface area (Å²) in [5.41, 5.74) is 1.64. The van der Waals surface area contributed by atoms with Crippen molar-refractivity contribution in [3.8, 4) is 11.5 Å². The lowest BCUT2D eigenvalue weighted by molar-refractivity contribution is -0.139. The number of methoxy groups -OCH3 is 1. The number of thiocarbonyl (C=S) groups is 1. The Morgan fingerprint density at radius 2 is 2.12 bits per heavy atom. The molecule has 0 aromatic heterocycles. The van der Waals surface area contributed by atoms with E-state index in [0.29, 0.717) is 20.7 Å². The van der Waals surface area contributed by atoms with Gasteiger partial charge in [0.25, 0.3) is 5.91 Å². The monoisotopic (exact) mass is 379 g/mol. The fraction of sp³-hybridized carbons (Fsp3) is 0.235. The van der Waals surface area contributed by atoms with Crippen LogP contribution in [-0.2, 0) is 9.59 Å². The van der Waals surface area contributed by atoms with Crippen molar-refractivity contribution in [3.63, 3.8) is 0 Å². The minimum atomic E-state index is -1.06. The number of carbonyl (C=O) groups excluding carboxylic acids is 1. The molecule has 0 saturated carbocycles. The molecule has 25 heavy (non-hydrogen) atoms. The summed E-state index contributed by atoms with van der Waals surface area (Å²) in [6.07, 6.45) is 3.66. The van der Waals surface area contributed by atoms with Crippen molar-refractivity contribution >= 4 is 46.3 Å². The summed E-state index contributed by atoms with van der Waals surface area (Å²) in [6, 6.07) is 5.14. The van der Waals surface area contributed by atoms with Crippen molar-refractivity contribution in [1.82, 2.24) is 4.90 Å². The van der Waals surface area contributed by atoms with Crippen LogP contribution in [0.2, 0.25) is 0 Å². The molecule has 1 heterocycles. The first kappa shape index (κ1) is 19.0. The summed E-state index contributed by atoms with van der Waals surface area (Å²) < 4.78 is 10.9. The number of carboxylic acids is 1. The third-order valence-corrected chi connectivity index (χ3v) is 5.06.